The summed E-state index contributed by atoms with van der Waals surface area (Å²) in [5, 5.41) is 7.85. The fourth-order valence-electron chi connectivity index (χ4n) is 3.04. The van der Waals surface area contributed by atoms with Gasteiger partial charge in [-0.15, -0.1) is 0 Å². The molecule has 0 amide bonds. The van der Waals surface area contributed by atoms with E-state index in [4.69, 9.17) is 0 Å². The summed E-state index contributed by atoms with van der Waals surface area (Å²) in [5.74, 6) is -0.134. The third-order valence-corrected chi connectivity index (χ3v) is 6.24. The second-order valence-electron chi connectivity index (χ2n) is 7.30. The number of nitrogens with one attached hydrogen (secondary N) is 1. The lowest BCUT2D eigenvalue weighted by atomic mass is 10.2. The van der Waals surface area contributed by atoms with Crippen LogP contribution in [0.1, 0.15) is 49.7 Å². The highest BCUT2D eigenvalue weighted by Gasteiger charge is 2.38. The van der Waals surface area contributed by atoms with E-state index in [1.807, 2.05) is 6.92 Å². The van der Waals surface area contributed by atoms with E-state index in [1.54, 1.807) is 13.8 Å². The molecule has 0 saturated heterocycles. The SMILES string of the molecule is CCn1cc(S(=O)(=O)NC[C@H](C)Cn2nc(C(F)(F)F)cc2C2CC2)c(C)n1. The van der Waals surface area contributed by atoms with Gasteiger partial charge < -0.3 is 0 Å². The Morgan fingerprint density at radius 2 is 2.00 bits per heavy atom. The van der Waals surface area contributed by atoms with Gasteiger partial charge in [0.2, 0.25) is 10.0 Å². The highest BCUT2D eigenvalue weighted by atomic mass is 32.2. The van der Waals surface area contributed by atoms with Crippen LogP contribution in [0.5, 0.6) is 0 Å². The average Bonchev–Trinajstić information content (AvgIpc) is 3.23. The van der Waals surface area contributed by atoms with Gasteiger partial charge >= 0.3 is 6.18 Å². The molecule has 0 aliphatic heterocycles. The summed E-state index contributed by atoms with van der Waals surface area (Å²) in [6.45, 7) is 6.10. The molecule has 1 saturated carbocycles. The Morgan fingerprint density at radius 3 is 2.54 bits per heavy atom. The number of alkyl halides is 3. The Balaban J connectivity index is 1.68. The number of nitrogens with zero attached hydrogens (tertiary/aromatic N) is 4. The summed E-state index contributed by atoms with van der Waals surface area (Å²) in [7, 11) is -3.74. The average molecular weight is 419 g/mol. The molecule has 2 heterocycles. The molecule has 0 aromatic carbocycles. The van der Waals surface area contributed by atoms with Crippen LogP contribution in [0.3, 0.4) is 0 Å². The zero-order valence-corrected chi connectivity index (χ0v) is 16.8. The minimum absolute atomic E-state index is 0.0877. The van der Waals surface area contributed by atoms with Crippen LogP contribution in [-0.2, 0) is 29.3 Å². The van der Waals surface area contributed by atoms with Gasteiger partial charge in [0, 0.05) is 37.4 Å². The predicted molar refractivity (Wildman–Crippen MR) is 96.2 cm³/mol. The van der Waals surface area contributed by atoms with Gasteiger partial charge in [-0.25, -0.2) is 13.1 Å². The molecule has 1 N–H and O–H groups in total. The first-order chi connectivity index (χ1) is 13.0. The lowest BCUT2D eigenvalue weighted by molar-refractivity contribution is -0.141. The lowest BCUT2D eigenvalue weighted by Crippen LogP contribution is -2.30. The zero-order valence-electron chi connectivity index (χ0n) is 16.0. The zero-order chi connectivity index (χ0) is 20.7. The van der Waals surface area contributed by atoms with Crippen LogP contribution in [0.4, 0.5) is 13.2 Å². The van der Waals surface area contributed by atoms with Crippen molar-refractivity contribution in [2.45, 2.75) is 63.7 Å². The molecule has 2 aromatic rings. The highest BCUT2D eigenvalue weighted by molar-refractivity contribution is 7.89. The maximum Gasteiger partial charge on any atom is 0.435 e. The summed E-state index contributed by atoms with van der Waals surface area (Å²) in [4.78, 5) is 0.110. The Hall–Kier alpha value is -1.88. The van der Waals surface area contributed by atoms with Crippen molar-refractivity contribution in [1.29, 1.82) is 0 Å². The van der Waals surface area contributed by atoms with E-state index in [1.165, 1.54) is 15.6 Å². The normalized spacial score (nSPS) is 16.5. The van der Waals surface area contributed by atoms with E-state index in [-0.39, 0.29) is 29.8 Å². The van der Waals surface area contributed by atoms with Crippen molar-refractivity contribution >= 4 is 10.0 Å². The molecule has 0 bridgehead atoms. The summed E-state index contributed by atoms with van der Waals surface area (Å²) >= 11 is 0. The molecule has 3 rings (SSSR count). The van der Waals surface area contributed by atoms with Gasteiger partial charge in [-0.2, -0.15) is 23.4 Å². The monoisotopic (exact) mass is 419 g/mol. The number of hydrogen-bond acceptors (Lipinski definition) is 4. The van der Waals surface area contributed by atoms with Crippen molar-refractivity contribution in [3.8, 4) is 0 Å². The van der Waals surface area contributed by atoms with Crippen LogP contribution in [0.15, 0.2) is 17.2 Å². The molecule has 11 heteroatoms. The van der Waals surface area contributed by atoms with E-state index in [9.17, 15) is 21.6 Å². The van der Waals surface area contributed by atoms with Crippen molar-refractivity contribution in [3.63, 3.8) is 0 Å². The van der Waals surface area contributed by atoms with Gasteiger partial charge in [-0.3, -0.25) is 9.36 Å². The third-order valence-electron chi connectivity index (χ3n) is 4.72. The van der Waals surface area contributed by atoms with Gasteiger partial charge in [0.25, 0.3) is 0 Å². The van der Waals surface area contributed by atoms with Crippen LogP contribution in [0.25, 0.3) is 0 Å². The highest BCUT2D eigenvalue weighted by Crippen LogP contribution is 2.42. The number of aromatic nitrogens is 4. The second-order valence-corrected chi connectivity index (χ2v) is 9.04. The molecule has 1 aliphatic rings. The maximum absolute atomic E-state index is 13.0. The van der Waals surface area contributed by atoms with Crippen molar-refractivity contribution in [1.82, 2.24) is 24.3 Å². The molecule has 1 fully saturated rings. The second kappa shape index (κ2) is 7.51. The summed E-state index contributed by atoms with van der Waals surface area (Å²) in [6.07, 6.45) is -1.32. The number of hydrogen-bond donors (Lipinski definition) is 1. The Morgan fingerprint density at radius 1 is 1.32 bits per heavy atom. The fourth-order valence-corrected chi connectivity index (χ4v) is 4.39. The van der Waals surface area contributed by atoms with Crippen LogP contribution < -0.4 is 4.72 Å². The summed E-state index contributed by atoms with van der Waals surface area (Å²) in [5.41, 5.74) is 0.0757. The van der Waals surface area contributed by atoms with E-state index >= 15 is 0 Å². The molecule has 1 aliphatic carbocycles. The Kier molecular flexibility index (Phi) is 5.59. The smallest absolute Gasteiger partial charge is 0.271 e. The van der Waals surface area contributed by atoms with Gasteiger partial charge in [0.05, 0.1) is 5.69 Å². The molecule has 28 heavy (non-hydrogen) atoms. The number of rotatable bonds is 8. The van der Waals surface area contributed by atoms with Gasteiger partial charge in [0.15, 0.2) is 5.69 Å². The third kappa shape index (κ3) is 4.57. The van der Waals surface area contributed by atoms with E-state index in [0.717, 1.165) is 18.9 Å². The molecule has 0 radical (unpaired) electrons. The van der Waals surface area contributed by atoms with Crippen molar-refractivity contribution < 1.29 is 21.6 Å². The summed E-state index contributed by atoms with van der Waals surface area (Å²) < 4.78 is 69.5. The lowest BCUT2D eigenvalue weighted by Gasteiger charge is -2.15. The largest absolute Gasteiger partial charge is 0.435 e. The minimum Gasteiger partial charge on any atom is -0.271 e. The first kappa shape index (κ1) is 20.8. The maximum atomic E-state index is 13.0. The number of halogens is 3. The summed E-state index contributed by atoms with van der Waals surface area (Å²) in [6, 6.07) is 1.11. The topological polar surface area (TPSA) is 81.8 Å². The number of aryl methyl sites for hydroxylation is 2. The number of sulfonamides is 1. The molecule has 0 unspecified atom stereocenters. The Labute approximate surface area is 162 Å². The minimum atomic E-state index is -4.49. The fraction of sp³-hybridized carbons (Fsp3) is 0.647. The molecular formula is C17H24F3N5O2S. The van der Waals surface area contributed by atoms with Crippen molar-refractivity contribution in [3.05, 3.63) is 29.3 Å². The van der Waals surface area contributed by atoms with Gasteiger partial charge in [0.1, 0.15) is 4.90 Å². The van der Waals surface area contributed by atoms with Gasteiger partial charge in [-0.1, -0.05) is 6.92 Å². The first-order valence-electron chi connectivity index (χ1n) is 9.20. The van der Waals surface area contributed by atoms with Crippen LogP contribution in [0, 0.1) is 12.8 Å². The molecular weight excluding hydrogens is 395 g/mol. The molecule has 2 aromatic heterocycles. The molecule has 1 atom stereocenters. The van der Waals surface area contributed by atoms with E-state index in [2.05, 4.69) is 14.9 Å². The standard InChI is InChI=1S/C17H24F3N5O2S/c1-4-24-10-15(12(3)22-24)28(26,27)21-8-11(2)9-25-14(13-5-6-13)7-16(23-25)17(18,19)20/h7,10-11,13,21H,4-6,8-9H2,1-3H3/t11-/m0/s1. The molecule has 0 spiro atoms. The van der Waals surface area contributed by atoms with Crippen LogP contribution >= 0.6 is 0 Å². The van der Waals surface area contributed by atoms with Crippen LogP contribution in [0.2, 0.25) is 0 Å². The van der Waals surface area contributed by atoms with Gasteiger partial charge in [-0.05, 0) is 38.7 Å². The first-order valence-corrected chi connectivity index (χ1v) is 10.7. The van der Waals surface area contributed by atoms with Crippen LogP contribution in [-0.4, -0.2) is 34.5 Å². The van der Waals surface area contributed by atoms with E-state index < -0.39 is 21.9 Å². The quantitative estimate of drug-likeness (QED) is 0.713. The van der Waals surface area contributed by atoms with Crippen molar-refractivity contribution in [2.24, 2.45) is 5.92 Å². The molecule has 7 nitrogen and oxygen atoms in total. The molecule has 156 valence electrons. The van der Waals surface area contributed by atoms with Crippen molar-refractivity contribution in [2.75, 3.05) is 6.54 Å². The van der Waals surface area contributed by atoms with E-state index in [0.29, 0.717) is 17.9 Å². The Bertz CT molecular complexity index is 945. The predicted octanol–water partition coefficient (Wildman–Crippen LogP) is 2.92.